The Kier molecular flexibility index (Phi) is 7.54. The Balaban J connectivity index is 0.000000202. The highest BCUT2D eigenvalue weighted by molar-refractivity contribution is 7.27. The number of fused-ring (bicyclic) bond motifs is 12. The van der Waals surface area contributed by atoms with Gasteiger partial charge in [0.15, 0.2) is 0 Å². The number of hydrogen-bond acceptors (Lipinski definition) is 3. The van der Waals surface area contributed by atoms with Crippen LogP contribution in [0.3, 0.4) is 0 Å². The minimum atomic E-state index is 0.526. The van der Waals surface area contributed by atoms with Gasteiger partial charge in [-0.25, -0.2) is 0 Å². The van der Waals surface area contributed by atoms with Crippen molar-refractivity contribution in [1.29, 1.82) is 0 Å². The maximum atomic E-state index is 6.06. The zero-order valence-corrected chi connectivity index (χ0v) is 28.3. The molecule has 0 radical (unpaired) electrons. The molecule has 50 heavy (non-hydrogen) atoms. The Morgan fingerprint density at radius 1 is 0.520 bits per heavy atom. The summed E-state index contributed by atoms with van der Waals surface area (Å²) in [5, 5.41) is 10.5. The molecule has 10 aromatic rings. The quantitative estimate of drug-likeness (QED) is 0.146. The fourth-order valence-electron chi connectivity index (χ4n) is 7.54. The number of nitrogens with zero attached hydrogens (tertiary/aromatic N) is 1. The van der Waals surface area contributed by atoms with E-state index in [1.165, 1.54) is 74.6 Å². The zero-order valence-electron chi connectivity index (χ0n) is 27.5. The number of benzene rings is 8. The van der Waals surface area contributed by atoms with Gasteiger partial charge in [0.05, 0.1) is 15.7 Å². The lowest BCUT2D eigenvalue weighted by Gasteiger charge is -2.12. The number of para-hydroxylation sites is 2. The SMILES string of the molecule is NCc1cccc(-n2c3ccccc3c3c4ccc5ccccc5c4c4c5ccccc5sc4c32)c1.Nc1ccccc1Cc1ccccc1. The monoisotopic (exact) mass is 661 g/mol. The van der Waals surface area contributed by atoms with Gasteiger partial charge in [0.25, 0.3) is 0 Å². The predicted molar refractivity (Wildman–Crippen MR) is 217 cm³/mol. The molecular formula is C46H35N3S. The first-order valence-corrected chi connectivity index (χ1v) is 17.9. The lowest BCUT2D eigenvalue weighted by Crippen LogP contribution is -1.99. The van der Waals surface area contributed by atoms with Gasteiger partial charge in [-0.15, -0.1) is 11.3 Å². The Bertz CT molecular complexity index is 2840. The Hall–Kier alpha value is -5.94. The highest BCUT2D eigenvalue weighted by Gasteiger charge is 2.22. The molecule has 0 aliphatic heterocycles. The fraction of sp³-hybridized carbons (Fsp3) is 0.0435. The highest BCUT2D eigenvalue weighted by atomic mass is 32.1. The maximum Gasteiger partial charge on any atom is 0.0726 e. The Labute approximate surface area is 294 Å². The van der Waals surface area contributed by atoms with Crippen molar-refractivity contribution in [3.05, 3.63) is 180 Å². The molecule has 2 aromatic heterocycles. The van der Waals surface area contributed by atoms with Crippen molar-refractivity contribution in [3.8, 4) is 5.69 Å². The summed E-state index contributed by atoms with van der Waals surface area (Å²) in [6.45, 7) is 0.526. The van der Waals surface area contributed by atoms with Crippen LogP contribution in [-0.4, -0.2) is 4.57 Å². The molecule has 8 aromatic carbocycles. The van der Waals surface area contributed by atoms with E-state index in [4.69, 9.17) is 11.5 Å². The van der Waals surface area contributed by atoms with E-state index in [2.05, 4.69) is 144 Å². The van der Waals surface area contributed by atoms with E-state index in [-0.39, 0.29) is 0 Å². The molecule has 0 fully saturated rings. The maximum absolute atomic E-state index is 6.06. The molecular weight excluding hydrogens is 627 g/mol. The number of hydrogen-bond donors (Lipinski definition) is 2. The van der Waals surface area contributed by atoms with E-state index in [1.54, 1.807) is 0 Å². The molecule has 0 saturated carbocycles. The molecule has 0 atom stereocenters. The summed E-state index contributed by atoms with van der Waals surface area (Å²) in [6, 6.07) is 58.1. The molecule has 0 amide bonds. The number of thiophene rings is 1. The lowest BCUT2D eigenvalue weighted by molar-refractivity contribution is 1.06. The standard InChI is InChI=1S/C33H22N2S.C13H13N/c34-19-20-8-7-10-22(18-20)35-27-14-5-3-12-24(27)30-26-17-16-21-9-1-2-11-23(21)29(26)31-25-13-4-6-15-28(25)36-33(31)32(30)35;14-13-9-5-4-8-12(13)10-11-6-2-1-3-7-11/h1-18H,19,34H2;1-9H,10,14H2. The van der Waals surface area contributed by atoms with E-state index in [9.17, 15) is 0 Å². The first kappa shape index (κ1) is 30.1. The summed E-state index contributed by atoms with van der Waals surface area (Å²) in [4.78, 5) is 0. The Morgan fingerprint density at radius 2 is 1.22 bits per heavy atom. The van der Waals surface area contributed by atoms with Crippen molar-refractivity contribution < 1.29 is 0 Å². The van der Waals surface area contributed by atoms with Gasteiger partial charge in [-0.3, -0.25) is 0 Å². The molecule has 0 aliphatic rings. The lowest BCUT2D eigenvalue weighted by atomic mass is 9.94. The summed E-state index contributed by atoms with van der Waals surface area (Å²) in [6.07, 6.45) is 0.910. The minimum Gasteiger partial charge on any atom is -0.398 e. The van der Waals surface area contributed by atoms with Crippen LogP contribution < -0.4 is 11.5 Å². The number of rotatable bonds is 4. The summed E-state index contributed by atoms with van der Waals surface area (Å²) in [5.74, 6) is 0. The van der Waals surface area contributed by atoms with Gasteiger partial charge in [0.1, 0.15) is 0 Å². The van der Waals surface area contributed by atoms with E-state index < -0.39 is 0 Å². The normalized spacial score (nSPS) is 11.5. The molecule has 2 heterocycles. The largest absolute Gasteiger partial charge is 0.398 e. The average Bonchev–Trinajstić information content (AvgIpc) is 3.73. The van der Waals surface area contributed by atoms with Crippen LogP contribution in [0.1, 0.15) is 16.7 Å². The third-order valence-electron chi connectivity index (χ3n) is 9.83. The average molecular weight is 662 g/mol. The van der Waals surface area contributed by atoms with Crippen molar-refractivity contribution >= 4 is 80.5 Å². The zero-order chi connectivity index (χ0) is 33.6. The predicted octanol–water partition coefficient (Wildman–Crippen LogP) is 11.8. The van der Waals surface area contributed by atoms with E-state index in [0.717, 1.165) is 23.4 Å². The van der Waals surface area contributed by atoms with Crippen LogP contribution in [0.2, 0.25) is 0 Å². The summed E-state index contributed by atoms with van der Waals surface area (Å²) in [5.41, 5.74) is 20.1. The molecule has 4 N–H and O–H groups in total. The molecule has 0 unspecified atom stereocenters. The van der Waals surface area contributed by atoms with Crippen LogP contribution in [0.25, 0.3) is 69.2 Å². The second kappa shape index (κ2) is 12.5. The number of anilines is 1. The third kappa shape index (κ3) is 5.00. The molecule has 0 spiro atoms. The first-order chi connectivity index (χ1) is 24.7. The molecule has 3 nitrogen and oxygen atoms in total. The minimum absolute atomic E-state index is 0.526. The highest BCUT2D eigenvalue weighted by Crippen LogP contribution is 2.49. The summed E-state index contributed by atoms with van der Waals surface area (Å²) >= 11 is 1.90. The summed E-state index contributed by atoms with van der Waals surface area (Å²) in [7, 11) is 0. The van der Waals surface area contributed by atoms with Crippen LogP contribution in [0.15, 0.2) is 164 Å². The van der Waals surface area contributed by atoms with Crippen molar-refractivity contribution in [2.45, 2.75) is 13.0 Å². The van der Waals surface area contributed by atoms with Crippen LogP contribution in [-0.2, 0) is 13.0 Å². The Morgan fingerprint density at radius 3 is 2.06 bits per heavy atom. The van der Waals surface area contributed by atoms with Crippen LogP contribution in [0.4, 0.5) is 5.69 Å². The molecule has 10 rings (SSSR count). The van der Waals surface area contributed by atoms with Crippen LogP contribution in [0, 0.1) is 0 Å². The molecule has 4 heteroatoms. The molecule has 0 saturated heterocycles. The van der Waals surface area contributed by atoms with E-state index in [0.29, 0.717) is 6.54 Å². The van der Waals surface area contributed by atoms with Crippen molar-refractivity contribution in [2.24, 2.45) is 5.73 Å². The molecule has 240 valence electrons. The van der Waals surface area contributed by atoms with Crippen molar-refractivity contribution in [2.75, 3.05) is 5.73 Å². The van der Waals surface area contributed by atoms with Gasteiger partial charge < -0.3 is 16.0 Å². The van der Waals surface area contributed by atoms with Crippen molar-refractivity contribution in [1.82, 2.24) is 4.57 Å². The number of nitrogens with two attached hydrogens (primary N) is 2. The van der Waals surface area contributed by atoms with E-state index >= 15 is 0 Å². The number of aromatic nitrogens is 1. The van der Waals surface area contributed by atoms with Gasteiger partial charge in [-0.05, 0) is 75.0 Å². The van der Waals surface area contributed by atoms with Gasteiger partial charge in [0.2, 0.25) is 0 Å². The molecule has 0 bridgehead atoms. The topological polar surface area (TPSA) is 57.0 Å². The van der Waals surface area contributed by atoms with Crippen molar-refractivity contribution in [3.63, 3.8) is 0 Å². The van der Waals surface area contributed by atoms with E-state index in [1.807, 2.05) is 35.6 Å². The summed E-state index contributed by atoms with van der Waals surface area (Å²) < 4.78 is 5.11. The fourth-order valence-corrected chi connectivity index (χ4v) is 8.79. The van der Waals surface area contributed by atoms with Gasteiger partial charge in [-0.2, -0.15) is 0 Å². The van der Waals surface area contributed by atoms with Gasteiger partial charge in [0, 0.05) is 44.2 Å². The van der Waals surface area contributed by atoms with Crippen LogP contribution in [0.5, 0.6) is 0 Å². The van der Waals surface area contributed by atoms with Gasteiger partial charge >= 0.3 is 0 Å². The molecule has 0 aliphatic carbocycles. The van der Waals surface area contributed by atoms with Gasteiger partial charge in [-0.1, -0.05) is 133 Å². The second-order valence-electron chi connectivity index (χ2n) is 12.8. The second-order valence-corrected chi connectivity index (χ2v) is 13.9. The van der Waals surface area contributed by atoms with Crippen LogP contribution >= 0.6 is 11.3 Å². The third-order valence-corrected chi connectivity index (χ3v) is 11.0. The smallest absolute Gasteiger partial charge is 0.0726 e. The number of nitrogen functional groups attached to an aromatic ring is 1. The first-order valence-electron chi connectivity index (χ1n) is 17.0.